The monoisotopic (exact) mass is 530 g/mol. The molecule has 1 N–H and O–H groups in total. The van der Waals surface area contributed by atoms with E-state index in [-0.39, 0.29) is 19.4 Å². The number of fused-ring (bicyclic) bond motifs is 2. The number of furan rings is 2. The molecule has 0 aliphatic carbocycles. The summed E-state index contributed by atoms with van der Waals surface area (Å²) in [4.78, 5) is 55.1. The van der Waals surface area contributed by atoms with Crippen molar-refractivity contribution in [3.05, 3.63) is 96.1 Å². The fourth-order valence-corrected chi connectivity index (χ4v) is 4.48. The molecule has 2 aromatic heterocycles. The van der Waals surface area contributed by atoms with Gasteiger partial charge in [0.25, 0.3) is 5.91 Å². The zero-order chi connectivity index (χ0) is 27.4. The van der Waals surface area contributed by atoms with Crippen LogP contribution >= 0.6 is 0 Å². The lowest BCUT2D eigenvalue weighted by Gasteiger charge is -2.34. The van der Waals surface area contributed by atoms with Crippen LogP contribution in [0.2, 0.25) is 0 Å². The predicted molar refractivity (Wildman–Crippen MR) is 137 cm³/mol. The second kappa shape index (κ2) is 11.0. The quantitative estimate of drug-likeness (QED) is 0.376. The molecular formula is C29H26N2O8. The number of amides is 2. The number of benzene rings is 3. The van der Waals surface area contributed by atoms with Crippen molar-refractivity contribution in [2.24, 2.45) is 0 Å². The molecule has 2 aliphatic rings. The molecule has 2 aliphatic heterocycles. The van der Waals surface area contributed by atoms with Crippen molar-refractivity contribution >= 4 is 34.9 Å². The molecule has 2 fully saturated rings. The first kappa shape index (κ1) is 25.9. The number of ether oxygens (including phenoxy) is 2. The minimum atomic E-state index is -2.07. The third kappa shape index (κ3) is 5.46. The number of carbonyl (C=O) groups excluding carboxylic acids is 4. The molecule has 2 aromatic carbocycles. The molecule has 2 saturated heterocycles. The topological polar surface area (TPSA) is 124 Å². The van der Waals surface area contributed by atoms with E-state index < -0.39 is 41.6 Å². The molecule has 200 valence electrons. The minimum Gasteiger partial charge on any atom is -0.457 e. The van der Waals surface area contributed by atoms with E-state index in [1.54, 1.807) is 0 Å². The number of nitrogens with one attached hydrogen (secondary N) is 1. The average Bonchev–Trinajstić information content (AvgIpc) is 3.75. The Morgan fingerprint density at radius 3 is 1.92 bits per heavy atom. The van der Waals surface area contributed by atoms with Gasteiger partial charge in [-0.2, -0.15) is 5.06 Å². The molecule has 2 bridgehead atoms. The summed E-state index contributed by atoms with van der Waals surface area (Å²) in [5.41, 5.74) is 1.28. The maximum atomic E-state index is 13.5. The number of nitrogens with zero attached hydrogens (tertiary/aromatic N) is 1. The van der Waals surface area contributed by atoms with Crippen LogP contribution < -0.4 is 5.32 Å². The van der Waals surface area contributed by atoms with Gasteiger partial charge < -0.3 is 19.2 Å². The lowest BCUT2D eigenvalue weighted by Crippen LogP contribution is -2.57. The lowest BCUT2D eigenvalue weighted by atomic mass is 10.0. The Morgan fingerprint density at radius 2 is 1.49 bits per heavy atom. The van der Waals surface area contributed by atoms with Crippen molar-refractivity contribution in [3.63, 3.8) is 0 Å². The zero-order valence-corrected chi connectivity index (χ0v) is 21.1. The first-order chi connectivity index (χ1) is 18.9. The first-order valence-corrected chi connectivity index (χ1v) is 12.4. The molecule has 6 rings (SSSR count). The standard InChI is InChI=1S/C23H22N2O7.C6H4O/c1-15(26)24-18-14-30-25(21(18)28)23(13-12-19(27)32-23)22(29)31-20(16-8-4-2-5-9-16)17-10-6-3-7-11-17;1-2-6-4-3-5(1)7-6/h2-11,18,20H,12-14H2,1H3,(H,24,26);1-4H. The summed E-state index contributed by atoms with van der Waals surface area (Å²) in [6.07, 6.45) is -1.02. The highest BCUT2D eigenvalue weighted by Crippen LogP contribution is 2.37. The molecule has 10 nitrogen and oxygen atoms in total. The van der Waals surface area contributed by atoms with Crippen LogP contribution in [0, 0.1) is 0 Å². The third-order valence-electron chi connectivity index (χ3n) is 6.33. The number of carbonyl (C=O) groups is 4. The van der Waals surface area contributed by atoms with E-state index in [1.165, 1.54) is 6.92 Å². The molecule has 2 amide bonds. The first-order valence-electron chi connectivity index (χ1n) is 12.4. The Balaban J connectivity index is 0.000000376. The molecule has 39 heavy (non-hydrogen) atoms. The summed E-state index contributed by atoms with van der Waals surface area (Å²) < 4.78 is 16.3. The molecular weight excluding hydrogens is 504 g/mol. The largest absolute Gasteiger partial charge is 0.457 e. The Labute approximate surface area is 223 Å². The summed E-state index contributed by atoms with van der Waals surface area (Å²) in [5, 5.41) is 3.19. The summed E-state index contributed by atoms with van der Waals surface area (Å²) in [6.45, 7) is 1.08. The fraction of sp³-hybridized carbons (Fsp3) is 0.241. The highest BCUT2D eigenvalue weighted by atomic mass is 16.8. The van der Waals surface area contributed by atoms with E-state index in [2.05, 4.69) is 5.32 Å². The predicted octanol–water partition coefficient (Wildman–Crippen LogP) is 3.50. The van der Waals surface area contributed by atoms with Gasteiger partial charge in [-0.1, -0.05) is 60.7 Å². The minimum absolute atomic E-state index is 0.0889. The highest BCUT2D eigenvalue weighted by molar-refractivity contribution is 5.94. The Morgan fingerprint density at radius 1 is 0.923 bits per heavy atom. The maximum absolute atomic E-state index is 13.5. The van der Waals surface area contributed by atoms with E-state index in [9.17, 15) is 19.2 Å². The van der Waals surface area contributed by atoms with E-state index in [0.717, 1.165) is 16.2 Å². The van der Waals surface area contributed by atoms with Crippen molar-refractivity contribution < 1.29 is 37.9 Å². The summed E-state index contributed by atoms with van der Waals surface area (Å²) in [6, 6.07) is 25.0. The van der Waals surface area contributed by atoms with E-state index >= 15 is 0 Å². The Kier molecular flexibility index (Phi) is 7.29. The molecule has 0 radical (unpaired) electrons. The Bertz CT molecular complexity index is 1370. The second-order valence-corrected chi connectivity index (χ2v) is 9.12. The van der Waals surface area contributed by atoms with Gasteiger partial charge in [0.1, 0.15) is 23.8 Å². The van der Waals surface area contributed by atoms with Gasteiger partial charge in [-0.05, 0) is 35.4 Å². The number of hydrogen-bond acceptors (Lipinski definition) is 8. The average molecular weight is 531 g/mol. The van der Waals surface area contributed by atoms with Crippen molar-refractivity contribution in [1.29, 1.82) is 0 Å². The van der Waals surface area contributed by atoms with E-state index in [4.69, 9.17) is 18.7 Å². The van der Waals surface area contributed by atoms with Gasteiger partial charge in [0.05, 0.1) is 6.42 Å². The smallest absolute Gasteiger partial charge is 0.376 e. The number of rotatable bonds is 6. The van der Waals surface area contributed by atoms with Crippen molar-refractivity contribution in [2.45, 2.75) is 37.6 Å². The van der Waals surface area contributed by atoms with Gasteiger partial charge in [-0.3, -0.25) is 19.2 Å². The Hall–Kier alpha value is -4.70. The van der Waals surface area contributed by atoms with Gasteiger partial charge in [0.2, 0.25) is 5.91 Å². The van der Waals surface area contributed by atoms with Gasteiger partial charge in [-0.25, -0.2) is 4.79 Å². The molecule has 2 unspecified atom stereocenters. The van der Waals surface area contributed by atoms with Crippen LogP contribution in [-0.4, -0.2) is 47.2 Å². The second-order valence-electron chi connectivity index (χ2n) is 9.12. The molecule has 4 aromatic rings. The van der Waals surface area contributed by atoms with Crippen LogP contribution in [0.3, 0.4) is 0 Å². The molecule has 10 heteroatoms. The van der Waals surface area contributed by atoms with Gasteiger partial charge >= 0.3 is 17.7 Å². The number of hydrogen-bond donors (Lipinski definition) is 1. The lowest BCUT2D eigenvalue weighted by molar-refractivity contribution is -0.260. The molecule has 0 spiro atoms. The van der Waals surface area contributed by atoms with Gasteiger partial charge in [0.15, 0.2) is 6.10 Å². The van der Waals surface area contributed by atoms with Crippen LogP contribution in [-0.2, 0) is 33.5 Å². The zero-order valence-electron chi connectivity index (χ0n) is 21.1. The van der Waals surface area contributed by atoms with Crippen molar-refractivity contribution in [3.8, 4) is 0 Å². The fourth-order valence-electron chi connectivity index (χ4n) is 4.48. The third-order valence-corrected chi connectivity index (χ3v) is 6.33. The molecule has 0 saturated carbocycles. The number of hydroxylamine groups is 2. The number of cyclic esters (lactones) is 1. The van der Waals surface area contributed by atoms with E-state index in [1.807, 2.05) is 84.9 Å². The van der Waals surface area contributed by atoms with Gasteiger partial charge in [0, 0.05) is 13.3 Å². The van der Waals surface area contributed by atoms with Crippen LogP contribution in [0.15, 0.2) is 89.3 Å². The van der Waals surface area contributed by atoms with Crippen LogP contribution in [0.4, 0.5) is 0 Å². The van der Waals surface area contributed by atoms with Gasteiger partial charge in [-0.15, -0.1) is 0 Å². The van der Waals surface area contributed by atoms with E-state index in [0.29, 0.717) is 11.1 Å². The van der Waals surface area contributed by atoms with Crippen LogP contribution in [0.25, 0.3) is 11.2 Å². The SMILES string of the molecule is CC(=O)NC1CON(C2(C(=O)OC(c3ccccc3)c3ccccc3)CCC(=O)O2)C1=O.c1cc2ccc1o2. The van der Waals surface area contributed by atoms with Crippen LogP contribution in [0.5, 0.6) is 0 Å². The summed E-state index contributed by atoms with van der Waals surface area (Å²) >= 11 is 0. The van der Waals surface area contributed by atoms with Crippen molar-refractivity contribution in [1.82, 2.24) is 10.4 Å². The van der Waals surface area contributed by atoms with Crippen molar-refractivity contribution in [2.75, 3.05) is 6.61 Å². The normalized spacial score (nSPS) is 20.6. The van der Waals surface area contributed by atoms with Crippen LogP contribution in [0.1, 0.15) is 37.0 Å². The molecule has 2 atom stereocenters. The summed E-state index contributed by atoms with van der Waals surface area (Å²) in [7, 11) is 0. The number of esters is 2. The maximum Gasteiger partial charge on any atom is 0.376 e. The summed E-state index contributed by atoms with van der Waals surface area (Å²) in [5.74, 6) is -2.71. The molecule has 4 heterocycles. The highest BCUT2D eigenvalue weighted by Gasteiger charge is 2.60.